The molecule has 0 radical (unpaired) electrons. The average Bonchev–Trinajstić information content (AvgIpc) is 2.64. The number of methoxy groups -OCH3 is 1. The third-order valence-corrected chi connectivity index (χ3v) is 4.91. The van der Waals surface area contributed by atoms with Crippen LogP contribution < -0.4 is 10.1 Å². The molecule has 3 rings (SSSR count). The Morgan fingerprint density at radius 2 is 2.08 bits per heavy atom. The van der Waals surface area contributed by atoms with Gasteiger partial charge in [0.05, 0.1) is 18.1 Å². The molecule has 2 aromatic carbocycles. The SMILES string of the molecule is COc1ccc(NC(=O)[C@@H]2CCCN(Cc3ccc(F)cc3)C2)cc1Cl. The first-order chi connectivity index (χ1) is 12.5. The fourth-order valence-electron chi connectivity index (χ4n) is 3.25. The van der Waals surface area contributed by atoms with Gasteiger partial charge in [-0.25, -0.2) is 4.39 Å². The molecule has 1 saturated heterocycles. The van der Waals surface area contributed by atoms with Crippen LogP contribution in [0.4, 0.5) is 10.1 Å². The van der Waals surface area contributed by atoms with E-state index < -0.39 is 0 Å². The van der Waals surface area contributed by atoms with E-state index in [9.17, 15) is 9.18 Å². The van der Waals surface area contributed by atoms with Crippen molar-refractivity contribution in [3.8, 4) is 5.75 Å². The minimum Gasteiger partial charge on any atom is -0.495 e. The molecule has 0 unspecified atom stereocenters. The summed E-state index contributed by atoms with van der Waals surface area (Å²) in [5.41, 5.74) is 1.71. The lowest BCUT2D eigenvalue weighted by atomic mass is 9.96. The van der Waals surface area contributed by atoms with Crippen molar-refractivity contribution in [3.05, 3.63) is 58.9 Å². The number of piperidine rings is 1. The summed E-state index contributed by atoms with van der Waals surface area (Å²) in [4.78, 5) is 14.9. The topological polar surface area (TPSA) is 41.6 Å². The number of nitrogens with zero attached hydrogens (tertiary/aromatic N) is 1. The fraction of sp³-hybridized carbons (Fsp3) is 0.350. The van der Waals surface area contributed by atoms with Gasteiger partial charge in [-0.05, 0) is 55.3 Å². The van der Waals surface area contributed by atoms with Crippen LogP contribution in [0, 0.1) is 11.7 Å². The number of carbonyl (C=O) groups excluding carboxylic acids is 1. The first kappa shape index (κ1) is 18.7. The van der Waals surface area contributed by atoms with Gasteiger partial charge >= 0.3 is 0 Å². The van der Waals surface area contributed by atoms with Crippen LogP contribution in [0.1, 0.15) is 18.4 Å². The van der Waals surface area contributed by atoms with Crippen LogP contribution >= 0.6 is 11.6 Å². The number of amides is 1. The molecule has 1 aliphatic rings. The number of hydrogen-bond acceptors (Lipinski definition) is 3. The monoisotopic (exact) mass is 376 g/mol. The Kier molecular flexibility index (Phi) is 6.12. The number of halogens is 2. The number of anilines is 1. The van der Waals surface area contributed by atoms with Gasteiger partial charge in [0.15, 0.2) is 0 Å². The summed E-state index contributed by atoms with van der Waals surface area (Å²) in [7, 11) is 1.55. The molecule has 1 atom stereocenters. The predicted octanol–water partition coefficient (Wildman–Crippen LogP) is 4.34. The summed E-state index contributed by atoms with van der Waals surface area (Å²) >= 11 is 6.11. The molecule has 0 spiro atoms. The molecule has 4 nitrogen and oxygen atoms in total. The molecule has 1 fully saturated rings. The summed E-state index contributed by atoms with van der Waals surface area (Å²) in [5.74, 6) is 0.260. The molecule has 1 N–H and O–H groups in total. The van der Waals surface area contributed by atoms with Crippen molar-refractivity contribution in [1.29, 1.82) is 0 Å². The maximum absolute atomic E-state index is 13.0. The minimum atomic E-state index is -0.234. The van der Waals surface area contributed by atoms with E-state index >= 15 is 0 Å². The van der Waals surface area contributed by atoms with Gasteiger partial charge in [0.25, 0.3) is 0 Å². The Balaban J connectivity index is 1.59. The third-order valence-electron chi connectivity index (χ3n) is 4.62. The highest BCUT2D eigenvalue weighted by Gasteiger charge is 2.26. The van der Waals surface area contributed by atoms with E-state index in [0.717, 1.165) is 31.5 Å². The number of hydrogen-bond donors (Lipinski definition) is 1. The molecule has 0 aliphatic carbocycles. The highest BCUT2D eigenvalue weighted by molar-refractivity contribution is 6.32. The van der Waals surface area contributed by atoms with Gasteiger partial charge < -0.3 is 10.1 Å². The second-order valence-corrected chi connectivity index (χ2v) is 6.95. The van der Waals surface area contributed by atoms with Crippen LogP contribution in [0.5, 0.6) is 5.75 Å². The van der Waals surface area contributed by atoms with Gasteiger partial charge in [0.2, 0.25) is 5.91 Å². The number of ether oxygens (including phenoxy) is 1. The number of rotatable bonds is 5. The van der Waals surface area contributed by atoms with Crippen LogP contribution in [0.2, 0.25) is 5.02 Å². The quantitative estimate of drug-likeness (QED) is 0.844. The van der Waals surface area contributed by atoms with Crippen LogP contribution in [0.25, 0.3) is 0 Å². The van der Waals surface area contributed by atoms with E-state index in [2.05, 4.69) is 10.2 Å². The number of carbonyl (C=O) groups is 1. The smallest absolute Gasteiger partial charge is 0.228 e. The Morgan fingerprint density at radius 3 is 2.77 bits per heavy atom. The molecule has 0 saturated carbocycles. The molecule has 1 aliphatic heterocycles. The highest BCUT2D eigenvalue weighted by atomic mass is 35.5. The Morgan fingerprint density at radius 1 is 1.31 bits per heavy atom. The van der Waals surface area contributed by atoms with Crippen molar-refractivity contribution in [2.75, 3.05) is 25.5 Å². The van der Waals surface area contributed by atoms with Crippen LogP contribution in [0.3, 0.4) is 0 Å². The van der Waals surface area contributed by atoms with Crippen LogP contribution in [0.15, 0.2) is 42.5 Å². The summed E-state index contributed by atoms with van der Waals surface area (Å²) in [6, 6.07) is 11.7. The third kappa shape index (κ3) is 4.74. The second-order valence-electron chi connectivity index (χ2n) is 6.54. The maximum atomic E-state index is 13.0. The molecular formula is C20H22ClFN2O2. The Labute approximate surface area is 157 Å². The van der Waals surface area contributed by atoms with Crippen molar-refractivity contribution < 1.29 is 13.9 Å². The second kappa shape index (κ2) is 8.52. The predicted molar refractivity (Wildman–Crippen MR) is 101 cm³/mol. The summed E-state index contributed by atoms with van der Waals surface area (Å²) in [5, 5.41) is 3.41. The normalized spacial score (nSPS) is 17.7. The molecule has 138 valence electrons. The van der Waals surface area contributed by atoms with Crippen molar-refractivity contribution in [2.45, 2.75) is 19.4 Å². The van der Waals surface area contributed by atoms with Gasteiger partial charge in [0, 0.05) is 18.8 Å². The first-order valence-corrected chi connectivity index (χ1v) is 9.04. The zero-order valence-electron chi connectivity index (χ0n) is 14.7. The molecule has 6 heteroatoms. The van der Waals surface area contributed by atoms with Crippen molar-refractivity contribution in [1.82, 2.24) is 4.90 Å². The molecule has 0 aromatic heterocycles. The largest absolute Gasteiger partial charge is 0.495 e. The standard InChI is InChI=1S/C20H22ClFN2O2/c1-26-19-9-8-17(11-18(19)21)23-20(25)15-3-2-10-24(13-15)12-14-4-6-16(22)7-5-14/h4-9,11,15H,2-3,10,12-13H2,1H3,(H,23,25)/t15-/m1/s1. The van der Waals surface area contributed by atoms with Crippen molar-refractivity contribution in [2.24, 2.45) is 5.92 Å². The van der Waals surface area contributed by atoms with E-state index in [-0.39, 0.29) is 17.6 Å². The maximum Gasteiger partial charge on any atom is 0.228 e. The molecule has 0 bridgehead atoms. The molecule has 1 heterocycles. The molecule has 2 aromatic rings. The van der Waals surface area contributed by atoms with E-state index in [4.69, 9.17) is 16.3 Å². The lowest BCUT2D eigenvalue weighted by Gasteiger charge is -2.32. The summed E-state index contributed by atoms with van der Waals surface area (Å²) in [6.45, 7) is 2.35. The van der Waals surface area contributed by atoms with E-state index in [1.54, 1.807) is 37.4 Å². The van der Waals surface area contributed by atoms with Gasteiger partial charge in [0.1, 0.15) is 11.6 Å². The van der Waals surface area contributed by atoms with Crippen molar-refractivity contribution >= 4 is 23.2 Å². The minimum absolute atomic E-state index is 0.00459. The number of benzene rings is 2. The van der Waals surface area contributed by atoms with Gasteiger partial charge in [-0.2, -0.15) is 0 Å². The number of likely N-dealkylation sites (tertiary alicyclic amines) is 1. The zero-order chi connectivity index (χ0) is 18.5. The van der Waals surface area contributed by atoms with Gasteiger partial charge in [-0.1, -0.05) is 23.7 Å². The molecular weight excluding hydrogens is 355 g/mol. The van der Waals surface area contributed by atoms with Gasteiger partial charge in [-0.3, -0.25) is 9.69 Å². The fourth-order valence-corrected chi connectivity index (χ4v) is 3.51. The zero-order valence-corrected chi connectivity index (χ0v) is 15.4. The highest BCUT2D eigenvalue weighted by Crippen LogP contribution is 2.28. The Hall–Kier alpha value is -2.11. The summed E-state index contributed by atoms with van der Waals surface area (Å²) < 4.78 is 18.2. The van der Waals surface area contributed by atoms with Crippen LogP contribution in [-0.2, 0) is 11.3 Å². The van der Waals surface area contributed by atoms with Crippen molar-refractivity contribution in [3.63, 3.8) is 0 Å². The lowest BCUT2D eigenvalue weighted by molar-refractivity contribution is -0.121. The average molecular weight is 377 g/mol. The summed E-state index contributed by atoms with van der Waals surface area (Å²) in [6.07, 6.45) is 1.82. The lowest BCUT2D eigenvalue weighted by Crippen LogP contribution is -2.40. The van der Waals surface area contributed by atoms with E-state index in [1.807, 2.05) is 0 Å². The van der Waals surface area contributed by atoms with Gasteiger partial charge in [-0.15, -0.1) is 0 Å². The molecule has 1 amide bonds. The molecule has 26 heavy (non-hydrogen) atoms. The first-order valence-electron chi connectivity index (χ1n) is 8.66. The Bertz CT molecular complexity index is 767. The van der Waals surface area contributed by atoms with E-state index in [1.165, 1.54) is 12.1 Å². The number of nitrogens with one attached hydrogen (secondary N) is 1. The van der Waals surface area contributed by atoms with E-state index in [0.29, 0.717) is 23.0 Å². The van der Waals surface area contributed by atoms with Crippen LogP contribution in [-0.4, -0.2) is 31.0 Å².